The van der Waals surface area contributed by atoms with E-state index in [1.165, 1.54) is 0 Å². The van der Waals surface area contributed by atoms with Crippen molar-refractivity contribution in [2.24, 2.45) is 5.73 Å². The summed E-state index contributed by atoms with van der Waals surface area (Å²) < 4.78 is 0. The Morgan fingerprint density at radius 3 is 2.44 bits per heavy atom. The number of hydrogen-bond donors (Lipinski definition) is 3. The van der Waals surface area contributed by atoms with E-state index in [1.54, 1.807) is 24.3 Å². The van der Waals surface area contributed by atoms with E-state index in [1.807, 2.05) is 0 Å². The van der Waals surface area contributed by atoms with Crippen LogP contribution in [0.5, 0.6) is 0 Å². The van der Waals surface area contributed by atoms with E-state index in [4.69, 9.17) is 15.9 Å². The van der Waals surface area contributed by atoms with Crippen molar-refractivity contribution in [3.63, 3.8) is 0 Å². The van der Waals surface area contributed by atoms with Gasteiger partial charge in [-0.05, 0) is 17.5 Å². The lowest BCUT2D eigenvalue weighted by atomic mass is 10.0. The van der Waals surface area contributed by atoms with E-state index in [-0.39, 0.29) is 12.8 Å². The molecule has 0 bridgehead atoms. The van der Waals surface area contributed by atoms with Crippen LogP contribution in [0.15, 0.2) is 24.3 Å². The lowest BCUT2D eigenvalue weighted by molar-refractivity contribution is -0.138. The van der Waals surface area contributed by atoms with Crippen molar-refractivity contribution in [3.8, 4) is 0 Å². The van der Waals surface area contributed by atoms with Crippen LogP contribution in [-0.4, -0.2) is 28.2 Å². The van der Waals surface area contributed by atoms with Crippen LogP contribution in [0.2, 0.25) is 0 Å². The summed E-state index contributed by atoms with van der Waals surface area (Å²) in [4.78, 5) is 21.0. The minimum atomic E-state index is -1.07. The number of carboxylic acid groups (broad SMARTS) is 2. The largest absolute Gasteiger partial charge is 0.481 e. The third kappa shape index (κ3) is 3.70. The topological polar surface area (TPSA) is 101 Å². The number of hydrogen-bond acceptors (Lipinski definition) is 3. The summed E-state index contributed by atoms with van der Waals surface area (Å²) in [5.41, 5.74) is 6.76. The molecule has 0 saturated heterocycles. The molecule has 0 aliphatic rings. The first-order valence-electron chi connectivity index (χ1n) is 4.77. The predicted molar refractivity (Wildman–Crippen MR) is 57.1 cm³/mol. The Kier molecular flexibility index (Phi) is 4.02. The van der Waals surface area contributed by atoms with Gasteiger partial charge in [-0.15, -0.1) is 0 Å². The van der Waals surface area contributed by atoms with Gasteiger partial charge in [0.15, 0.2) is 0 Å². The van der Waals surface area contributed by atoms with E-state index in [0.717, 1.165) is 5.56 Å². The zero-order valence-corrected chi connectivity index (χ0v) is 8.59. The summed E-state index contributed by atoms with van der Waals surface area (Å²) >= 11 is 0. The first-order chi connectivity index (χ1) is 7.49. The molecule has 0 heterocycles. The molecule has 5 nitrogen and oxygen atoms in total. The zero-order chi connectivity index (χ0) is 12.1. The van der Waals surface area contributed by atoms with Crippen LogP contribution in [0.1, 0.15) is 11.1 Å². The molecule has 1 rings (SSSR count). The highest BCUT2D eigenvalue weighted by molar-refractivity contribution is 5.73. The quantitative estimate of drug-likeness (QED) is 0.665. The fraction of sp³-hybridized carbons (Fsp3) is 0.273. The minimum absolute atomic E-state index is 0.0733. The van der Waals surface area contributed by atoms with Crippen LogP contribution in [0.3, 0.4) is 0 Å². The lowest BCUT2D eigenvalue weighted by Gasteiger charge is -2.07. The van der Waals surface area contributed by atoms with Crippen molar-refractivity contribution in [3.05, 3.63) is 35.4 Å². The maximum atomic E-state index is 10.5. The second kappa shape index (κ2) is 5.27. The second-order valence-corrected chi connectivity index (χ2v) is 3.54. The molecule has 0 aliphatic heterocycles. The van der Waals surface area contributed by atoms with Crippen LogP contribution in [0.25, 0.3) is 0 Å². The summed E-state index contributed by atoms with van der Waals surface area (Å²) in [5, 5.41) is 17.2. The highest BCUT2D eigenvalue weighted by Gasteiger charge is 2.12. The number of benzene rings is 1. The average molecular weight is 223 g/mol. The third-order valence-corrected chi connectivity index (χ3v) is 2.12. The van der Waals surface area contributed by atoms with Gasteiger partial charge >= 0.3 is 11.9 Å². The van der Waals surface area contributed by atoms with Crippen LogP contribution in [0.4, 0.5) is 0 Å². The molecule has 1 aromatic rings. The van der Waals surface area contributed by atoms with E-state index >= 15 is 0 Å². The van der Waals surface area contributed by atoms with Gasteiger partial charge in [0.1, 0.15) is 6.04 Å². The first kappa shape index (κ1) is 12.2. The maximum Gasteiger partial charge on any atom is 0.320 e. The average Bonchev–Trinajstić information content (AvgIpc) is 2.16. The lowest BCUT2D eigenvalue weighted by Crippen LogP contribution is -2.32. The van der Waals surface area contributed by atoms with E-state index in [9.17, 15) is 9.59 Å². The maximum absolute atomic E-state index is 10.5. The van der Waals surface area contributed by atoms with Gasteiger partial charge in [-0.1, -0.05) is 24.3 Å². The van der Waals surface area contributed by atoms with Gasteiger partial charge in [0, 0.05) is 0 Å². The smallest absolute Gasteiger partial charge is 0.320 e. The molecule has 0 saturated carbocycles. The Labute approximate surface area is 92.5 Å². The molecular weight excluding hydrogens is 210 g/mol. The molecule has 1 atom stereocenters. The molecule has 0 fully saturated rings. The summed E-state index contributed by atoms with van der Waals surface area (Å²) in [7, 11) is 0. The molecule has 0 spiro atoms. The molecule has 0 amide bonds. The molecular formula is C11H13NO4. The monoisotopic (exact) mass is 223 g/mol. The first-order valence-corrected chi connectivity index (χ1v) is 4.77. The standard InChI is InChI=1S/C11H13NO4/c12-9(11(15)16)5-7-2-1-3-8(4-7)6-10(13)14/h1-4,9H,5-6,12H2,(H,13,14)(H,15,16)/t9-/m1/s1. The molecule has 86 valence electrons. The predicted octanol–water partition coefficient (Wildman–Crippen LogP) is 0.268. The summed E-state index contributed by atoms with van der Waals surface area (Å²) in [5.74, 6) is -1.98. The van der Waals surface area contributed by atoms with Crippen molar-refractivity contribution in [2.75, 3.05) is 0 Å². The Bertz CT molecular complexity index is 403. The van der Waals surface area contributed by atoms with Gasteiger partial charge in [0.25, 0.3) is 0 Å². The number of rotatable bonds is 5. The van der Waals surface area contributed by atoms with Gasteiger partial charge < -0.3 is 15.9 Å². The summed E-state index contributed by atoms with van der Waals surface area (Å²) in [6.45, 7) is 0. The summed E-state index contributed by atoms with van der Waals surface area (Å²) in [6.07, 6.45) is 0.124. The number of carbonyl (C=O) groups is 2. The van der Waals surface area contributed by atoms with Gasteiger partial charge in [0.2, 0.25) is 0 Å². The normalized spacial score (nSPS) is 12.1. The SMILES string of the molecule is N[C@H](Cc1cccc(CC(=O)O)c1)C(=O)O. The Balaban J connectivity index is 2.74. The fourth-order valence-corrected chi connectivity index (χ4v) is 1.38. The van der Waals surface area contributed by atoms with Gasteiger partial charge in [-0.3, -0.25) is 9.59 Å². The van der Waals surface area contributed by atoms with Gasteiger partial charge in [0.05, 0.1) is 6.42 Å². The highest BCUT2D eigenvalue weighted by atomic mass is 16.4. The highest BCUT2D eigenvalue weighted by Crippen LogP contribution is 2.08. The van der Waals surface area contributed by atoms with Crippen molar-refractivity contribution in [1.29, 1.82) is 0 Å². The van der Waals surface area contributed by atoms with Gasteiger partial charge in [-0.25, -0.2) is 0 Å². The second-order valence-electron chi connectivity index (χ2n) is 3.54. The molecule has 1 aromatic carbocycles. The Morgan fingerprint density at radius 1 is 1.25 bits per heavy atom. The number of carboxylic acids is 2. The Morgan fingerprint density at radius 2 is 1.88 bits per heavy atom. The molecule has 0 aromatic heterocycles. The van der Waals surface area contributed by atoms with E-state index < -0.39 is 18.0 Å². The van der Waals surface area contributed by atoms with Crippen molar-refractivity contribution in [1.82, 2.24) is 0 Å². The molecule has 0 unspecified atom stereocenters. The van der Waals surface area contributed by atoms with Crippen molar-refractivity contribution >= 4 is 11.9 Å². The third-order valence-electron chi connectivity index (χ3n) is 2.12. The molecule has 0 aliphatic carbocycles. The van der Waals surface area contributed by atoms with Gasteiger partial charge in [-0.2, -0.15) is 0 Å². The van der Waals surface area contributed by atoms with E-state index in [2.05, 4.69) is 0 Å². The van der Waals surface area contributed by atoms with Crippen molar-refractivity contribution < 1.29 is 19.8 Å². The molecule has 0 radical (unpaired) electrons. The number of aliphatic carboxylic acids is 2. The molecule has 4 N–H and O–H groups in total. The summed E-state index contributed by atoms with van der Waals surface area (Å²) in [6, 6.07) is 5.82. The van der Waals surface area contributed by atoms with Crippen molar-refractivity contribution in [2.45, 2.75) is 18.9 Å². The zero-order valence-electron chi connectivity index (χ0n) is 8.59. The van der Waals surface area contributed by atoms with Crippen LogP contribution < -0.4 is 5.73 Å². The number of nitrogens with two attached hydrogens (primary N) is 1. The van der Waals surface area contributed by atoms with Crippen LogP contribution >= 0.6 is 0 Å². The fourth-order valence-electron chi connectivity index (χ4n) is 1.38. The molecule has 16 heavy (non-hydrogen) atoms. The van der Waals surface area contributed by atoms with E-state index in [0.29, 0.717) is 5.56 Å². The molecule has 5 heteroatoms. The minimum Gasteiger partial charge on any atom is -0.481 e. The van der Waals surface area contributed by atoms with Crippen LogP contribution in [-0.2, 0) is 22.4 Å². The van der Waals surface area contributed by atoms with Crippen LogP contribution in [0, 0.1) is 0 Å². The Hall–Kier alpha value is -1.88.